The lowest BCUT2D eigenvalue weighted by Crippen LogP contribution is -2.29. The third kappa shape index (κ3) is 16.0. The van der Waals surface area contributed by atoms with Gasteiger partial charge in [-0.05, 0) is 38.5 Å². The molecular formula is C21H41NO. The van der Waals surface area contributed by atoms with Gasteiger partial charge < -0.3 is 5.73 Å². The highest BCUT2D eigenvalue weighted by molar-refractivity contribution is 5.83. The minimum atomic E-state index is -0.230. The molecule has 0 bridgehead atoms. The highest BCUT2D eigenvalue weighted by Crippen LogP contribution is 2.10. The van der Waals surface area contributed by atoms with Crippen molar-refractivity contribution >= 4 is 5.78 Å². The Bertz CT molecular complexity index is 286. The van der Waals surface area contributed by atoms with E-state index in [4.69, 9.17) is 5.73 Å². The average molecular weight is 324 g/mol. The van der Waals surface area contributed by atoms with E-state index in [0.29, 0.717) is 6.42 Å². The first-order chi connectivity index (χ1) is 11.2. The smallest absolute Gasteiger partial charge is 0.149 e. The lowest BCUT2D eigenvalue weighted by Gasteiger charge is -2.06. The van der Waals surface area contributed by atoms with Gasteiger partial charge in [-0.1, -0.05) is 77.4 Å². The Balaban J connectivity index is 3.21. The van der Waals surface area contributed by atoms with Gasteiger partial charge in [0.05, 0.1) is 6.04 Å². The van der Waals surface area contributed by atoms with E-state index < -0.39 is 0 Å². The van der Waals surface area contributed by atoms with Gasteiger partial charge in [-0.2, -0.15) is 0 Å². The molecule has 23 heavy (non-hydrogen) atoms. The highest BCUT2D eigenvalue weighted by atomic mass is 16.1. The van der Waals surface area contributed by atoms with Crippen molar-refractivity contribution in [3.63, 3.8) is 0 Å². The zero-order chi connectivity index (χ0) is 17.2. The average Bonchev–Trinajstić information content (AvgIpc) is 2.57. The number of hydrogen-bond donors (Lipinski definition) is 1. The van der Waals surface area contributed by atoms with Gasteiger partial charge in [0, 0.05) is 6.42 Å². The molecule has 0 heterocycles. The molecule has 2 nitrogen and oxygen atoms in total. The second-order valence-electron chi connectivity index (χ2n) is 6.82. The van der Waals surface area contributed by atoms with E-state index in [1.807, 2.05) is 6.92 Å². The molecule has 1 atom stereocenters. The van der Waals surface area contributed by atoms with E-state index >= 15 is 0 Å². The summed E-state index contributed by atoms with van der Waals surface area (Å²) in [4.78, 5) is 11.6. The summed E-state index contributed by atoms with van der Waals surface area (Å²) in [5, 5.41) is 0. The zero-order valence-electron chi connectivity index (χ0n) is 15.8. The van der Waals surface area contributed by atoms with Crippen molar-refractivity contribution in [2.45, 2.75) is 116 Å². The number of Topliss-reactive ketones (excluding diaryl/α,β-unsaturated/α-hetero) is 1. The topological polar surface area (TPSA) is 43.1 Å². The maximum atomic E-state index is 11.6. The first-order valence-corrected chi connectivity index (χ1v) is 10.2. The minimum Gasteiger partial charge on any atom is -0.322 e. The van der Waals surface area contributed by atoms with Gasteiger partial charge >= 0.3 is 0 Å². The number of rotatable bonds is 17. The van der Waals surface area contributed by atoms with Crippen LogP contribution in [0.4, 0.5) is 0 Å². The quantitative estimate of drug-likeness (QED) is 0.251. The number of carbonyl (C=O) groups is 1. The normalized spacial score (nSPS) is 12.8. The molecule has 0 amide bonds. The molecule has 0 aliphatic carbocycles. The summed E-state index contributed by atoms with van der Waals surface area (Å²) in [5.41, 5.74) is 5.72. The number of ketones is 1. The van der Waals surface area contributed by atoms with Crippen LogP contribution in [0.1, 0.15) is 110 Å². The predicted molar refractivity (Wildman–Crippen MR) is 103 cm³/mol. The van der Waals surface area contributed by atoms with Crippen LogP contribution in [0.3, 0.4) is 0 Å². The molecule has 0 saturated carbocycles. The molecule has 0 rings (SSSR count). The molecule has 2 N–H and O–H groups in total. The van der Waals surface area contributed by atoms with Crippen LogP contribution in [0.15, 0.2) is 12.2 Å². The zero-order valence-corrected chi connectivity index (χ0v) is 15.8. The number of unbranched alkanes of at least 4 members (excludes halogenated alkanes) is 11. The van der Waals surface area contributed by atoms with Gasteiger partial charge in [0.25, 0.3) is 0 Å². The van der Waals surface area contributed by atoms with Crippen LogP contribution < -0.4 is 5.73 Å². The second kappa shape index (κ2) is 17.7. The SMILES string of the molecule is CCCCCCCC/C=C\CCCCCCCC(=O)C(N)CC. The van der Waals surface area contributed by atoms with Crippen molar-refractivity contribution in [3.8, 4) is 0 Å². The van der Waals surface area contributed by atoms with Crippen LogP contribution in [0, 0.1) is 0 Å². The lowest BCUT2D eigenvalue weighted by molar-refractivity contribution is -0.120. The Hall–Kier alpha value is -0.630. The van der Waals surface area contributed by atoms with E-state index in [-0.39, 0.29) is 11.8 Å². The van der Waals surface area contributed by atoms with Gasteiger partial charge in [-0.3, -0.25) is 4.79 Å². The van der Waals surface area contributed by atoms with Crippen molar-refractivity contribution in [1.29, 1.82) is 0 Å². The fourth-order valence-electron chi connectivity index (χ4n) is 2.78. The summed E-state index contributed by atoms with van der Waals surface area (Å²) >= 11 is 0. The molecule has 0 aliphatic rings. The van der Waals surface area contributed by atoms with Gasteiger partial charge in [0.2, 0.25) is 0 Å². The number of nitrogens with two attached hydrogens (primary N) is 1. The Morgan fingerprint density at radius 1 is 0.783 bits per heavy atom. The van der Waals surface area contributed by atoms with Crippen LogP contribution in [0.2, 0.25) is 0 Å². The molecule has 1 unspecified atom stereocenters. The van der Waals surface area contributed by atoms with Crippen molar-refractivity contribution in [1.82, 2.24) is 0 Å². The van der Waals surface area contributed by atoms with Crippen LogP contribution in [0.5, 0.6) is 0 Å². The molecule has 0 aromatic rings. The molecule has 136 valence electrons. The summed E-state index contributed by atoms with van der Waals surface area (Å²) in [6.07, 6.45) is 23.0. The van der Waals surface area contributed by atoms with Crippen LogP contribution in [-0.2, 0) is 4.79 Å². The molecule has 0 saturated heterocycles. The van der Waals surface area contributed by atoms with E-state index in [1.165, 1.54) is 77.0 Å². The molecule has 0 spiro atoms. The van der Waals surface area contributed by atoms with Gasteiger partial charge in [0.1, 0.15) is 5.78 Å². The lowest BCUT2D eigenvalue weighted by atomic mass is 10.0. The third-order valence-electron chi connectivity index (χ3n) is 4.54. The van der Waals surface area contributed by atoms with Crippen LogP contribution >= 0.6 is 0 Å². The molecule has 2 heteroatoms. The Morgan fingerprint density at radius 2 is 1.26 bits per heavy atom. The number of allylic oxidation sites excluding steroid dienone is 2. The van der Waals surface area contributed by atoms with E-state index in [9.17, 15) is 4.79 Å². The largest absolute Gasteiger partial charge is 0.322 e. The van der Waals surface area contributed by atoms with Crippen molar-refractivity contribution < 1.29 is 4.79 Å². The van der Waals surface area contributed by atoms with Crippen molar-refractivity contribution in [3.05, 3.63) is 12.2 Å². The van der Waals surface area contributed by atoms with Crippen LogP contribution in [-0.4, -0.2) is 11.8 Å². The molecule has 0 fully saturated rings. The standard InChI is InChI=1S/C21H41NO/c1-3-5-6-7-8-9-10-11-12-13-14-15-16-17-18-19-21(23)20(22)4-2/h11-12,20H,3-10,13-19,22H2,1-2H3/b12-11-. The molecule has 0 aliphatic heterocycles. The van der Waals surface area contributed by atoms with E-state index in [0.717, 1.165) is 12.8 Å². The Morgan fingerprint density at radius 3 is 1.78 bits per heavy atom. The Kier molecular flexibility index (Phi) is 17.2. The third-order valence-corrected chi connectivity index (χ3v) is 4.54. The first-order valence-electron chi connectivity index (χ1n) is 10.2. The van der Waals surface area contributed by atoms with E-state index in [2.05, 4.69) is 19.1 Å². The summed E-state index contributed by atoms with van der Waals surface area (Å²) in [7, 11) is 0. The summed E-state index contributed by atoms with van der Waals surface area (Å²) in [6, 6.07) is -0.230. The summed E-state index contributed by atoms with van der Waals surface area (Å²) in [5.74, 6) is 0.241. The number of hydrogen-bond acceptors (Lipinski definition) is 2. The van der Waals surface area contributed by atoms with Gasteiger partial charge in [-0.15, -0.1) is 0 Å². The van der Waals surface area contributed by atoms with Crippen LogP contribution in [0.25, 0.3) is 0 Å². The number of carbonyl (C=O) groups excluding carboxylic acids is 1. The summed E-state index contributed by atoms with van der Waals surface area (Å²) in [6.45, 7) is 4.24. The van der Waals surface area contributed by atoms with Gasteiger partial charge in [-0.25, -0.2) is 0 Å². The second-order valence-corrected chi connectivity index (χ2v) is 6.82. The first kappa shape index (κ1) is 22.4. The van der Waals surface area contributed by atoms with E-state index in [1.54, 1.807) is 0 Å². The highest BCUT2D eigenvalue weighted by Gasteiger charge is 2.09. The molecule has 0 aromatic carbocycles. The fraction of sp³-hybridized carbons (Fsp3) is 0.857. The maximum Gasteiger partial charge on any atom is 0.149 e. The maximum absolute atomic E-state index is 11.6. The molecule has 0 radical (unpaired) electrons. The van der Waals surface area contributed by atoms with Crippen molar-refractivity contribution in [2.75, 3.05) is 0 Å². The van der Waals surface area contributed by atoms with Crippen molar-refractivity contribution in [2.24, 2.45) is 5.73 Å². The molecular weight excluding hydrogens is 282 g/mol. The predicted octanol–water partition coefficient (Wildman–Crippen LogP) is 6.33. The molecule has 0 aromatic heterocycles. The Labute approximate surface area is 145 Å². The fourth-order valence-corrected chi connectivity index (χ4v) is 2.78. The monoisotopic (exact) mass is 323 g/mol. The summed E-state index contributed by atoms with van der Waals surface area (Å²) < 4.78 is 0. The minimum absolute atomic E-state index is 0.230. The van der Waals surface area contributed by atoms with Gasteiger partial charge in [0.15, 0.2) is 0 Å².